The van der Waals surface area contributed by atoms with Gasteiger partial charge in [0.15, 0.2) is 0 Å². The van der Waals surface area contributed by atoms with Crippen molar-refractivity contribution in [3.8, 4) is 0 Å². The lowest BCUT2D eigenvalue weighted by Crippen LogP contribution is -2.27. The lowest BCUT2D eigenvalue weighted by Gasteiger charge is -2.32. The van der Waals surface area contributed by atoms with Crippen molar-refractivity contribution in [2.75, 3.05) is 11.4 Å². The number of nitrogens with zero attached hydrogens (tertiary/aromatic N) is 1. The highest BCUT2D eigenvalue weighted by atomic mass is 16.3. The quantitative estimate of drug-likeness (QED) is 0.0964. The van der Waals surface area contributed by atoms with Crippen molar-refractivity contribution in [3.63, 3.8) is 0 Å². The van der Waals surface area contributed by atoms with E-state index in [4.69, 9.17) is 4.42 Å². The smallest absolute Gasteiger partial charge is 0.136 e. The molecule has 1 unspecified atom stereocenters. The van der Waals surface area contributed by atoms with Gasteiger partial charge in [0.2, 0.25) is 0 Å². The highest BCUT2D eigenvalue weighted by molar-refractivity contribution is 6.09. The molecule has 2 heteroatoms. The van der Waals surface area contributed by atoms with Crippen molar-refractivity contribution in [3.05, 3.63) is 246 Å². The van der Waals surface area contributed by atoms with E-state index in [1.807, 2.05) is 24.3 Å². The number of hydrogen-bond donors (Lipinski definition) is 0. The van der Waals surface area contributed by atoms with Gasteiger partial charge in [0.05, 0.1) is 5.41 Å². The van der Waals surface area contributed by atoms with Gasteiger partial charge in [-0.2, -0.15) is 0 Å². The molecule has 1 heterocycles. The minimum absolute atomic E-state index is 0.497. The molecular weight excluding hydrogens is 715 g/mol. The molecule has 2 nitrogen and oxygen atoms in total. The van der Waals surface area contributed by atoms with Crippen molar-refractivity contribution in [2.45, 2.75) is 26.2 Å². The summed E-state index contributed by atoms with van der Waals surface area (Å²) in [5.74, 6) is 0. The number of rotatable bonds is 11. The van der Waals surface area contributed by atoms with E-state index in [2.05, 4.69) is 214 Å². The maximum absolute atomic E-state index is 6.28. The number of para-hydroxylation sites is 1. The second-order valence-corrected chi connectivity index (χ2v) is 15.3. The SMILES string of the molecule is C=C/C=C\C=C\C1(c2ccccc2)C(/C=C(\C)N(C/C=C\C(=C/C)c2ccc3c(c2)oc2ccccc23)c2ccc3ccc4ccccc4c3c2)=C(C)c2ccccc21. The molecule has 0 fully saturated rings. The van der Waals surface area contributed by atoms with E-state index in [-0.39, 0.29) is 0 Å². The van der Waals surface area contributed by atoms with E-state index >= 15 is 0 Å². The molecule has 1 aliphatic rings. The summed E-state index contributed by atoms with van der Waals surface area (Å²) < 4.78 is 6.28. The molecule has 286 valence electrons. The summed E-state index contributed by atoms with van der Waals surface area (Å²) in [5.41, 5.74) is 12.2. The summed E-state index contributed by atoms with van der Waals surface area (Å²) in [6, 6.07) is 54.6. The van der Waals surface area contributed by atoms with E-state index in [1.165, 1.54) is 49.4 Å². The maximum atomic E-state index is 6.28. The largest absolute Gasteiger partial charge is 0.456 e. The Morgan fingerprint density at radius 3 is 2.22 bits per heavy atom. The van der Waals surface area contributed by atoms with Crippen LogP contribution in [-0.2, 0) is 5.41 Å². The maximum Gasteiger partial charge on any atom is 0.136 e. The first-order valence-corrected chi connectivity index (χ1v) is 20.5. The molecule has 59 heavy (non-hydrogen) atoms. The molecule has 1 atom stereocenters. The van der Waals surface area contributed by atoms with Gasteiger partial charge in [-0.25, -0.2) is 0 Å². The Morgan fingerprint density at radius 1 is 0.678 bits per heavy atom. The monoisotopic (exact) mass is 761 g/mol. The van der Waals surface area contributed by atoms with Gasteiger partial charge >= 0.3 is 0 Å². The van der Waals surface area contributed by atoms with Gasteiger partial charge < -0.3 is 9.32 Å². The number of benzene rings is 7. The lowest BCUT2D eigenvalue weighted by atomic mass is 9.71. The summed E-state index contributed by atoms with van der Waals surface area (Å²) in [6.45, 7) is 11.2. The third-order valence-electron chi connectivity index (χ3n) is 11.9. The van der Waals surface area contributed by atoms with Crippen molar-refractivity contribution >= 4 is 60.3 Å². The van der Waals surface area contributed by atoms with Crippen LogP contribution in [0.4, 0.5) is 5.69 Å². The topological polar surface area (TPSA) is 16.4 Å². The van der Waals surface area contributed by atoms with Crippen LogP contribution in [0.3, 0.4) is 0 Å². The fourth-order valence-electron chi connectivity index (χ4n) is 9.04. The fourth-order valence-corrected chi connectivity index (χ4v) is 9.04. The molecular formula is C57H47NO. The molecule has 0 saturated heterocycles. The van der Waals surface area contributed by atoms with Crippen LogP contribution < -0.4 is 4.90 Å². The van der Waals surface area contributed by atoms with Gasteiger partial charge in [-0.3, -0.25) is 0 Å². The molecule has 0 amide bonds. The fraction of sp³-hybridized carbons (Fsp3) is 0.0877. The van der Waals surface area contributed by atoms with Crippen LogP contribution in [-0.4, -0.2) is 6.54 Å². The Hall–Kier alpha value is -7.16. The molecule has 1 aromatic heterocycles. The summed E-state index contributed by atoms with van der Waals surface area (Å²) >= 11 is 0. The molecule has 9 rings (SSSR count). The lowest BCUT2D eigenvalue weighted by molar-refractivity contribution is 0.669. The van der Waals surface area contributed by atoms with Crippen molar-refractivity contribution in [1.82, 2.24) is 0 Å². The van der Waals surface area contributed by atoms with E-state index in [1.54, 1.807) is 0 Å². The molecule has 0 spiro atoms. The zero-order valence-electron chi connectivity index (χ0n) is 33.9. The van der Waals surface area contributed by atoms with Crippen molar-refractivity contribution in [1.29, 1.82) is 0 Å². The van der Waals surface area contributed by atoms with Crippen LogP contribution in [0.2, 0.25) is 0 Å². The first-order valence-electron chi connectivity index (χ1n) is 20.5. The normalized spacial score (nSPS) is 16.2. The average Bonchev–Trinajstić information content (AvgIpc) is 3.77. The Kier molecular flexibility index (Phi) is 10.1. The van der Waals surface area contributed by atoms with Crippen LogP contribution in [0, 0.1) is 0 Å². The minimum Gasteiger partial charge on any atom is -0.456 e. The van der Waals surface area contributed by atoms with Gasteiger partial charge in [0.25, 0.3) is 0 Å². The number of allylic oxidation sites excluding steroid dienone is 12. The standard InChI is InChI=1S/C57H47NO/c1-5-7-8-18-35-57(46-22-10-9-11-23-46)53-27-16-14-24-48(53)41(4)54(57)37-40(3)58(47-33-31-44-30-29-43-20-12-13-25-49(43)52(44)39-47)36-19-21-42(6-2)45-32-34-51-50-26-15-17-28-55(50)59-56(51)38-45/h5-35,37-39H,1,36H2,2-4H3/b8-7-,21-19-,35-18+,40-37+,42-6+. The summed E-state index contributed by atoms with van der Waals surface area (Å²) in [7, 11) is 0. The molecule has 0 aliphatic heterocycles. The predicted molar refractivity (Wildman–Crippen MR) is 254 cm³/mol. The zero-order valence-corrected chi connectivity index (χ0v) is 33.9. The molecule has 0 N–H and O–H groups in total. The first kappa shape index (κ1) is 37.4. The second-order valence-electron chi connectivity index (χ2n) is 15.3. The van der Waals surface area contributed by atoms with Gasteiger partial charge in [0, 0.05) is 28.7 Å². The molecule has 0 radical (unpaired) electrons. The Bertz CT molecular complexity index is 3070. The Morgan fingerprint density at radius 2 is 1.39 bits per heavy atom. The molecule has 1 aliphatic carbocycles. The first-order chi connectivity index (χ1) is 29.0. The molecule has 0 saturated carbocycles. The van der Waals surface area contributed by atoms with Crippen molar-refractivity contribution in [2.24, 2.45) is 0 Å². The number of anilines is 1. The minimum atomic E-state index is -0.497. The van der Waals surface area contributed by atoms with Crippen LogP contribution in [0.25, 0.3) is 54.6 Å². The van der Waals surface area contributed by atoms with E-state index in [0.29, 0.717) is 6.54 Å². The van der Waals surface area contributed by atoms with Crippen LogP contribution in [0.1, 0.15) is 43.0 Å². The number of fused-ring (bicyclic) bond motifs is 7. The third-order valence-corrected chi connectivity index (χ3v) is 11.9. The Labute approximate surface area is 347 Å². The van der Waals surface area contributed by atoms with Crippen LogP contribution >= 0.6 is 0 Å². The molecule has 8 aromatic rings. The number of hydrogen-bond acceptors (Lipinski definition) is 2. The van der Waals surface area contributed by atoms with Gasteiger partial charge in [-0.15, -0.1) is 0 Å². The zero-order chi connectivity index (χ0) is 40.3. The van der Waals surface area contributed by atoms with Gasteiger partial charge in [-0.1, -0.05) is 177 Å². The van der Waals surface area contributed by atoms with E-state index in [0.717, 1.165) is 44.5 Å². The van der Waals surface area contributed by atoms with Crippen molar-refractivity contribution < 1.29 is 4.42 Å². The van der Waals surface area contributed by atoms with Gasteiger partial charge in [-0.05, 0) is 118 Å². The Balaban J connectivity index is 1.17. The highest BCUT2D eigenvalue weighted by Gasteiger charge is 2.42. The molecule has 0 bridgehead atoms. The van der Waals surface area contributed by atoms with Crippen LogP contribution in [0.5, 0.6) is 0 Å². The summed E-state index contributed by atoms with van der Waals surface area (Å²) in [6.07, 6.45) is 19.6. The predicted octanol–water partition coefficient (Wildman–Crippen LogP) is 15.3. The number of furan rings is 1. The molecule has 7 aromatic carbocycles. The average molecular weight is 762 g/mol. The summed E-state index contributed by atoms with van der Waals surface area (Å²) in [5, 5.41) is 7.25. The van der Waals surface area contributed by atoms with E-state index < -0.39 is 5.41 Å². The third kappa shape index (κ3) is 6.77. The summed E-state index contributed by atoms with van der Waals surface area (Å²) in [4.78, 5) is 2.45. The van der Waals surface area contributed by atoms with Crippen LogP contribution in [0.15, 0.2) is 229 Å². The van der Waals surface area contributed by atoms with E-state index in [9.17, 15) is 0 Å². The second kappa shape index (κ2) is 16.0. The van der Waals surface area contributed by atoms with Gasteiger partial charge in [0.1, 0.15) is 11.2 Å². The highest BCUT2D eigenvalue weighted by Crippen LogP contribution is 2.52.